The van der Waals surface area contributed by atoms with Crippen LogP contribution in [0.3, 0.4) is 0 Å². The van der Waals surface area contributed by atoms with Gasteiger partial charge in [-0.1, -0.05) is 0 Å². The van der Waals surface area contributed by atoms with E-state index >= 15 is 0 Å². The van der Waals surface area contributed by atoms with Crippen molar-refractivity contribution >= 4 is 5.82 Å². The van der Waals surface area contributed by atoms with Crippen molar-refractivity contribution in [3.63, 3.8) is 0 Å². The Morgan fingerprint density at radius 2 is 1.94 bits per heavy atom. The quantitative estimate of drug-likeness (QED) is 0.781. The first-order chi connectivity index (χ1) is 8.61. The highest BCUT2D eigenvalue weighted by Gasteiger charge is 2.22. The molecule has 2 heterocycles. The molecule has 1 aromatic heterocycles. The van der Waals surface area contributed by atoms with Gasteiger partial charge in [0.1, 0.15) is 5.82 Å². The number of rotatable bonds is 2. The average molecular weight is 245 g/mol. The predicted octanol–water partition coefficient (Wildman–Crippen LogP) is 1.13. The fourth-order valence-electron chi connectivity index (χ4n) is 2.23. The van der Waals surface area contributed by atoms with Crippen molar-refractivity contribution in [2.45, 2.75) is 26.8 Å². The number of piperazine rings is 1. The summed E-state index contributed by atoms with van der Waals surface area (Å²) in [5, 5.41) is 8.92. The first-order valence-electron chi connectivity index (χ1n) is 6.30. The molecule has 1 aliphatic heterocycles. The van der Waals surface area contributed by atoms with E-state index in [1.165, 1.54) is 0 Å². The lowest BCUT2D eigenvalue weighted by molar-refractivity contribution is 0.231. The standard InChI is InChI=1S/C13H19N5/c1-10-9-15-12(3)13(16-10)18-6-4-17(5-7-18)11(2)8-14/h9,11H,4-7H2,1-3H3. The van der Waals surface area contributed by atoms with Gasteiger partial charge in [-0.25, -0.2) is 4.98 Å². The van der Waals surface area contributed by atoms with Crippen molar-refractivity contribution < 1.29 is 0 Å². The Morgan fingerprint density at radius 3 is 2.56 bits per heavy atom. The zero-order chi connectivity index (χ0) is 13.1. The second-order valence-electron chi connectivity index (χ2n) is 4.75. The van der Waals surface area contributed by atoms with Crippen molar-refractivity contribution in [1.29, 1.82) is 5.26 Å². The predicted molar refractivity (Wildman–Crippen MR) is 70.4 cm³/mol. The smallest absolute Gasteiger partial charge is 0.150 e. The number of aromatic nitrogens is 2. The highest BCUT2D eigenvalue weighted by molar-refractivity contribution is 5.43. The molecule has 2 rings (SSSR count). The molecule has 18 heavy (non-hydrogen) atoms. The molecule has 0 N–H and O–H groups in total. The summed E-state index contributed by atoms with van der Waals surface area (Å²) >= 11 is 0. The average Bonchev–Trinajstić information content (AvgIpc) is 2.41. The fourth-order valence-corrected chi connectivity index (χ4v) is 2.23. The molecule has 0 spiro atoms. The monoisotopic (exact) mass is 245 g/mol. The van der Waals surface area contributed by atoms with Gasteiger partial charge in [-0.05, 0) is 20.8 Å². The maximum Gasteiger partial charge on any atom is 0.150 e. The zero-order valence-corrected chi connectivity index (χ0v) is 11.2. The number of hydrogen-bond donors (Lipinski definition) is 0. The summed E-state index contributed by atoms with van der Waals surface area (Å²) in [5.74, 6) is 0.985. The molecule has 1 saturated heterocycles. The van der Waals surface area contributed by atoms with Crippen molar-refractivity contribution in [2.75, 3.05) is 31.1 Å². The van der Waals surface area contributed by atoms with Crippen molar-refractivity contribution in [3.8, 4) is 6.07 Å². The lowest BCUT2D eigenvalue weighted by atomic mass is 10.2. The van der Waals surface area contributed by atoms with Crippen LogP contribution in [0, 0.1) is 25.2 Å². The van der Waals surface area contributed by atoms with Crippen LogP contribution in [0.4, 0.5) is 5.82 Å². The molecule has 0 saturated carbocycles. The van der Waals surface area contributed by atoms with Crippen LogP contribution in [0.5, 0.6) is 0 Å². The van der Waals surface area contributed by atoms with Crippen LogP contribution in [0.25, 0.3) is 0 Å². The normalized spacial score (nSPS) is 18.4. The Morgan fingerprint density at radius 1 is 1.28 bits per heavy atom. The molecule has 1 aliphatic rings. The third kappa shape index (κ3) is 2.59. The van der Waals surface area contributed by atoms with Gasteiger partial charge in [0.2, 0.25) is 0 Å². The molecule has 5 heteroatoms. The van der Waals surface area contributed by atoms with E-state index in [1.54, 1.807) is 6.20 Å². The highest BCUT2D eigenvalue weighted by atomic mass is 15.3. The van der Waals surface area contributed by atoms with Gasteiger partial charge >= 0.3 is 0 Å². The van der Waals surface area contributed by atoms with E-state index in [0.29, 0.717) is 0 Å². The van der Waals surface area contributed by atoms with Gasteiger partial charge in [0, 0.05) is 32.4 Å². The lowest BCUT2D eigenvalue weighted by Crippen LogP contribution is -2.49. The molecule has 5 nitrogen and oxygen atoms in total. The minimum atomic E-state index is -0.00293. The minimum absolute atomic E-state index is 0.00293. The molecule has 0 radical (unpaired) electrons. The van der Waals surface area contributed by atoms with E-state index in [-0.39, 0.29) is 6.04 Å². The van der Waals surface area contributed by atoms with E-state index in [0.717, 1.165) is 43.4 Å². The molecular formula is C13H19N5. The minimum Gasteiger partial charge on any atom is -0.353 e. The number of nitriles is 1. The summed E-state index contributed by atoms with van der Waals surface area (Å²) in [6.07, 6.45) is 1.80. The van der Waals surface area contributed by atoms with Crippen molar-refractivity contribution in [1.82, 2.24) is 14.9 Å². The van der Waals surface area contributed by atoms with Crippen LogP contribution in [0.2, 0.25) is 0 Å². The van der Waals surface area contributed by atoms with E-state index in [9.17, 15) is 0 Å². The van der Waals surface area contributed by atoms with Gasteiger partial charge in [0.25, 0.3) is 0 Å². The Bertz CT molecular complexity index is 457. The molecule has 1 aromatic rings. The first kappa shape index (κ1) is 12.8. The maximum absolute atomic E-state index is 8.92. The first-order valence-corrected chi connectivity index (χ1v) is 6.30. The van der Waals surface area contributed by atoms with E-state index in [1.807, 2.05) is 20.8 Å². The molecule has 1 unspecified atom stereocenters. The van der Waals surface area contributed by atoms with Crippen LogP contribution in [0.15, 0.2) is 6.20 Å². The number of hydrogen-bond acceptors (Lipinski definition) is 5. The summed E-state index contributed by atoms with van der Waals surface area (Å²) in [6, 6.07) is 2.29. The van der Waals surface area contributed by atoms with Crippen LogP contribution in [-0.4, -0.2) is 47.1 Å². The third-order valence-corrected chi connectivity index (χ3v) is 3.40. The Hall–Kier alpha value is -1.67. The van der Waals surface area contributed by atoms with Crippen LogP contribution < -0.4 is 4.90 Å². The molecule has 0 amide bonds. The summed E-state index contributed by atoms with van der Waals surface area (Å²) in [4.78, 5) is 13.4. The van der Waals surface area contributed by atoms with Gasteiger partial charge in [0.05, 0.1) is 23.5 Å². The van der Waals surface area contributed by atoms with Crippen molar-refractivity contribution in [2.24, 2.45) is 0 Å². The van der Waals surface area contributed by atoms with E-state index in [4.69, 9.17) is 5.26 Å². The maximum atomic E-state index is 8.92. The largest absolute Gasteiger partial charge is 0.353 e. The van der Waals surface area contributed by atoms with E-state index in [2.05, 4.69) is 25.8 Å². The van der Waals surface area contributed by atoms with Crippen LogP contribution in [-0.2, 0) is 0 Å². The molecule has 0 aromatic carbocycles. The fraction of sp³-hybridized carbons (Fsp3) is 0.615. The summed E-state index contributed by atoms with van der Waals surface area (Å²) in [6.45, 7) is 9.53. The van der Waals surface area contributed by atoms with Gasteiger partial charge in [0.15, 0.2) is 0 Å². The second-order valence-corrected chi connectivity index (χ2v) is 4.75. The van der Waals surface area contributed by atoms with Gasteiger partial charge in [-0.15, -0.1) is 0 Å². The lowest BCUT2D eigenvalue weighted by Gasteiger charge is -2.36. The Labute approximate surface area is 108 Å². The Balaban J connectivity index is 2.06. The van der Waals surface area contributed by atoms with Gasteiger partial charge in [-0.2, -0.15) is 5.26 Å². The molecule has 1 fully saturated rings. The number of anilines is 1. The third-order valence-electron chi connectivity index (χ3n) is 3.40. The zero-order valence-electron chi connectivity index (χ0n) is 11.2. The van der Waals surface area contributed by atoms with Gasteiger partial charge < -0.3 is 4.90 Å². The number of aryl methyl sites for hydroxylation is 2. The molecular weight excluding hydrogens is 226 g/mol. The second kappa shape index (κ2) is 5.32. The molecule has 0 bridgehead atoms. The van der Waals surface area contributed by atoms with Crippen molar-refractivity contribution in [3.05, 3.63) is 17.6 Å². The topological polar surface area (TPSA) is 56.1 Å². The summed E-state index contributed by atoms with van der Waals surface area (Å²) in [7, 11) is 0. The number of nitrogens with zero attached hydrogens (tertiary/aromatic N) is 5. The van der Waals surface area contributed by atoms with Crippen LogP contribution >= 0.6 is 0 Å². The SMILES string of the molecule is Cc1cnc(C)c(N2CCN(C(C)C#N)CC2)n1. The summed E-state index contributed by atoms with van der Waals surface area (Å²) < 4.78 is 0. The highest BCUT2D eigenvalue weighted by Crippen LogP contribution is 2.17. The molecule has 96 valence electrons. The van der Waals surface area contributed by atoms with Gasteiger partial charge in [-0.3, -0.25) is 9.88 Å². The van der Waals surface area contributed by atoms with Crippen LogP contribution in [0.1, 0.15) is 18.3 Å². The Kier molecular flexibility index (Phi) is 3.78. The molecule has 0 aliphatic carbocycles. The van der Waals surface area contributed by atoms with E-state index < -0.39 is 0 Å². The summed E-state index contributed by atoms with van der Waals surface area (Å²) in [5.41, 5.74) is 1.92. The molecule has 1 atom stereocenters.